The Kier molecular flexibility index (Phi) is 7.86. The second-order valence-electron chi connectivity index (χ2n) is 6.48. The molecule has 0 aliphatic heterocycles. The first-order valence-electron chi connectivity index (χ1n) is 9.49. The SMILES string of the molecule is CCCCOc1ccccc1C(=O)Nc1ccccc1C(=O)NC(C)CC. The molecule has 5 nitrogen and oxygen atoms in total. The van der Waals surface area contributed by atoms with Gasteiger partial charge in [-0.3, -0.25) is 9.59 Å². The number of anilines is 1. The molecule has 2 rings (SSSR count). The van der Waals surface area contributed by atoms with E-state index in [0.717, 1.165) is 19.3 Å². The Morgan fingerprint density at radius 3 is 2.33 bits per heavy atom. The van der Waals surface area contributed by atoms with Crippen LogP contribution in [0.1, 0.15) is 60.7 Å². The van der Waals surface area contributed by atoms with Gasteiger partial charge in [0, 0.05) is 6.04 Å². The van der Waals surface area contributed by atoms with Gasteiger partial charge in [0.2, 0.25) is 0 Å². The van der Waals surface area contributed by atoms with Crippen LogP contribution in [0.3, 0.4) is 0 Å². The van der Waals surface area contributed by atoms with E-state index in [-0.39, 0.29) is 17.9 Å². The number of unbranched alkanes of at least 4 members (excludes halogenated alkanes) is 1. The zero-order valence-corrected chi connectivity index (χ0v) is 16.2. The van der Waals surface area contributed by atoms with Crippen molar-refractivity contribution >= 4 is 17.5 Å². The number of carbonyl (C=O) groups excluding carboxylic acids is 2. The van der Waals surface area contributed by atoms with Gasteiger partial charge in [0.15, 0.2) is 0 Å². The summed E-state index contributed by atoms with van der Waals surface area (Å²) < 4.78 is 5.74. The van der Waals surface area contributed by atoms with Gasteiger partial charge in [-0.1, -0.05) is 44.5 Å². The summed E-state index contributed by atoms with van der Waals surface area (Å²) >= 11 is 0. The van der Waals surface area contributed by atoms with Crippen LogP contribution in [0.15, 0.2) is 48.5 Å². The third-order valence-corrected chi connectivity index (χ3v) is 4.30. The average molecular weight is 368 g/mol. The summed E-state index contributed by atoms with van der Waals surface area (Å²) in [5, 5.41) is 5.78. The van der Waals surface area contributed by atoms with Crippen LogP contribution in [0.5, 0.6) is 5.75 Å². The van der Waals surface area contributed by atoms with Crippen molar-refractivity contribution in [3.63, 3.8) is 0 Å². The summed E-state index contributed by atoms with van der Waals surface area (Å²) in [5.41, 5.74) is 1.37. The van der Waals surface area contributed by atoms with Crippen molar-refractivity contribution in [1.82, 2.24) is 5.32 Å². The monoisotopic (exact) mass is 368 g/mol. The molecule has 0 bridgehead atoms. The zero-order chi connectivity index (χ0) is 19.6. The summed E-state index contributed by atoms with van der Waals surface area (Å²) in [4.78, 5) is 25.3. The van der Waals surface area contributed by atoms with E-state index >= 15 is 0 Å². The first-order valence-corrected chi connectivity index (χ1v) is 9.49. The van der Waals surface area contributed by atoms with Crippen LogP contribution >= 0.6 is 0 Å². The predicted molar refractivity (Wildman–Crippen MR) is 108 cm³/mol. The van der Waals surface area contributed by atoms with Gasteiger partial charge < -0.3 is 15.4 Å². The van der Waals surface area contributed by atoms with Gasteiger partial charge in [-0.05, 0) is 44.0 Å². The van der Waals surface area contributed by atoms with Gasteiger partial charge in [0.25, 0.3) is 11.8 Å². The highest BCUT2D eigenvalue weighted by Gasteiger charge is 2.17. The zero-order valence-electron chi connectivity index (χ0n) is 16.2. The molecule has 1 unspecified atom stereocenters. The molecule has 0 saturated heterocycles. The highest BCUT2D eigenvalue weighted by atomic mass is 16.5. The highest BCUT2D eigenvalue weighted by Crippen LogP contribution is 2.22. The Morgan fingerprint density at radius 2 is 1.63 bits per heavy atom. The van der Waals surface area contributed by atoms with Crippen LogP contribution in [0.2, 0.25) is 0 Å². The predicted octanol–water partition coefficient (Wildman–Crippen LogP) is 4.65. The third-order valence-electron chi connectivity index (χ3n) is 4.30. The number of benzene rings is 2. The first-order chi connectivity index (χ1) is 13.1. The van der Waals surface area contributed by atoms with Crippen molar-refractivity contribution in [3.8, 4) is 5.75 Å². The molecule has 0 aliphatic carbocycles. The molecule has 0 spiro atoms. The summed E-state index contributed by atoms with van der Waals surface area (Å²) in [6.07, 6.45) is 2.78. The summed E-state index contributed by atoms with van der Waals surface area (Å²) in [7, 11) is 0. The van der Waals surface area contributed by atoms with Gasteiger partial charge in [0.05, 0.1) is 23.4 Å². The number of carbonyl (C=O) groups is 2. The van der Waals surface area contributed by atoms with E-state index in [1.165, 1.54) is 0 Å². The van der Waals surface area contributed by atoms with Crippen molar-refractivity contribution in [2.24, 2.45) is 0 Å². The molecule has 0 aliphatic rings. The molecule has 27 heavy (non-hydrogen) atoms. The minimum absolute atomic E-state index is 0.0638. The lowest BCUT2D eigenvalue weighted by Crippen LogP contribution is -2.32. The van der Waals surface area contributed by atoms with Crippen molar-refractivity contribution < 1.29 is 14.3 Å². The Hall–Kier alpha value is -2.82. The van der Waals surface area contributed by atoms with Crippen LogP contribution < -0.4 is 15.4 Å². The number of rotatable bonds is 9. The summed E-state index contributed by atoms with van der Waals surface area (Å²) in [6.45, 7) is 6.61. The quantitative estimate of drug-likeness (QED) is 0.633. The Morgan fingerprint density at radius 1 is 0.963 bits per heavy atom. The van der Waals surface area contributed by atoms with E-state index in [4.69, 9.17) is 4.74 Å². The van der Waals surface area contributed by atoms with Gasteiger partial charge in [0.1, 0.15) is 5.75 Å². The van der Waals surface area contributed by atoms with Crippen LogP contribution in [0.25, 0.3) is 0 Å². The molecule has 0 aromatic heterocycles. The van der Waals surface area contributed by atoms with Gasteiger partial charge in [-0.2, -0.15) is 0 Å². The Bertz CT molecular complexity index is 774. The maximum atomic E-state index is 12.8. The number of nitrogens with one attached hydrogen (secondary N) is 2. The average Bonchev–Trinajstić information content (AvgIpc) is 2.68. The number of hydrogen-bond acceptors (Lipinski definition) is 3. The topological polar surface area (TPSA) is 67.4 Å². The van der Waals surface area contributed by atoms with Crippen molar-refractivity contribution in [1.29, 1.82) is 0 Å². The second kappa shape index (κ2) is 10.4. The highest BCUT2D eigenvalue weighted by molar-refractivity contribution is 6.10. The van der Waals surface area contributed by atoms with E-state index in [1.54, 1.807) is 42.5 Å². The van der Waals surface area contributed by atoms with Crippen molar-refractivity contribution in [3.05, 3.63) is 59.7 Å². The minimum atomic E-state index is -0.300. The fourth-order valence-corrected chi connectivity index (χ4v) is 2.49. The van der Waals surface area contributed by atoms with Crippen LogP contribution in [-0.2, 0) is 0 Å². The van der Waals surface area contributed by atoms with E-state index in [9.17, 15) is 9.59 Å². The lowest BCUT2D eigenvalue weighted by molar-refractivity contribution is 0.0940. The molecule has 5 heteroatoms. The first kappa shape index (κ1) is 20.5. The van der Waals surface area contributed by atoms with Gasteiger partial charge in [-0.15, -0.1) is 0 Å². The molecule has 0 radical (unpaired) electrons. The molecule has 2 aromatic carbocycles. The molecular formula is C22H28N2O3. The molecule has 0 saturated carbocycles. The van der Waals surface area contributed by atoms with Crippen molar-refractivity contribution in [2.45, 2.75) is 46.1 Å². The normalized spacial score (nSPS) is 11.5. The molecule has 2 aromatic rings. The van der Waals surface area contributed by atoms with Crippen LogP contribution in [-0.4, -0.2) is 24.5 Å². The van der Waals surface area contributed by atoms with Crippen molar-refractivity contribution in [2.75, 3.05) is 11.9 Å². The lowest BCUT2D eigenvalue weighted by Gasteiger charge is -2.15. The van der Waals surface area contributed by atoms with E-state index in [1.807, 2.05) is 19.9 Å². The number of amides is 2. The number of para-hydroxylation sites is 2. The molecule has 2 amide bonds. The molecule has 144 valence electrons. The van der Waals surface area contributed by atoms with Gasteiger partial charge in [-0.25, -0.2) is 0 Å². The standard InChI is InChI=1S/C22H28N2O3/c1-4-6-15-27-20-14-10-8-12-18(20)22(26)24-19-13-9-7-11-17(19)21(25)23-16(3)5-2/h7-14,16H,4-6,15H2,1-3H3,(H,23,25)(H,24,26). The van der Waals surface area contributed by atoms with E-state index in [0.29, 0.717) is 29.2 Å². The minimum Gasteiger partial charge on any atom is -0.493 e. The molecule has 0 heterocycles. The molecule has 0 fully saturated rings. The third kappa shape index (κ3) is 5.84. The fourth-order valence-electron chi connectivity index (χ4n) is 2.49. The van der Waals surface area contributed by atoms with Crippen LogP contribution in [0.4, 0.5) is 5.69 Å². The molecular weight excluding hydrogens is 340 g/mol. The Labute approximate surface area is 161 Å². The lowest BCUT2D eigenvalue weighted by atomic mass is 10.1. The van der Waals surface area contributed by atoms with E-state index < -0.39 is 0 Å². The second-order valence-corrected chi connectivity index (χ2v) is 6.48. The maximum Gasteiger partial charge on any atom is 0.259 e. The summed E-state index contributed by atoms with van der Waals surface area (Å²) in [5.74, 6) is 0.0450. The van der Waals surface area contributed by atoms with Crippen LogP contribution in [0, 0.1) is 0 Å². The largest absolute Gasteiger partial charge is 0.493 e. The summed E-state index contributed by atoms with van der Waals surface area (Å²) in [6, 6.07) is 14.2. The molecule has 2 N–H and O–H groups in total. The molecule has 1 atom stereocenters. The van der Waals surface area contributed by atoms with E-state index in [2.05, 4.69) is 17.6 Å². The number of ether oxygens (including phenoxy) is 1. The maximum absolute atomic E-state index is 12.8. The van der Waals surface area contributed by atoms with Gasteiger partial charge >= 0.3 is 0 Å². The fraction of sp³-hybridized carbons (Fsp3) is 0.364. The number of hydrogen-bond donors (Lipinski definition) is 2. The Balaban J connectivity index is 2.18. The smallest absolute Gasteiger partial charge is 0.259 e.